The van der Waals surface area contributed by atoms with E-state index in [1.165, 1.54) is 12.1 Å². The number of oxazole rings is 1. The molecule has 0 bridgehead atoms. The standard InChI is InChI=1S/C27H28F3NO4/c1-3-33-25(32)26(14-4-15-26)17-19-5-11-22(12-6-19)34-16-13-23-18(2)35-24(31-23)20-7-9-21(10-8-20)27(28,29)30/h5-12H,3-4,13-17H2,1-2H3. The van der Waals surface area contributed by atoms with Crippen LogP contribution in [0.3, 0.4) is 0 Å². The minimum Gasteiger partial charge on any atom is -0.493 e. The van der Waals surface area contributed by atoms with Crippen molar-refractivity contribution in [2.24, 2.45) is 5.41 Å². The van der Waals surface area contributed by atoms with E-state index < -0.39 is 17.2 Å². The molecule has 0 atom stereocenters. The highest BCUT2D eigenvalue weighted by molar-refractivity contribution is 5.78. The van der Waals surface area contributed by atoms with Crippen molar-refractivity contribution in [2.45, 2.75) is 52.1 Å². The van der Waals surface area contributed by atoms with E-state index in [0.717, 1.165) is 37.0 Å². The van der Waals surface area contributed by atoms with Gasteiger partial charge in [0.15, 0.2) is 0 Å². The lowest BCUT2D eigenvalue weighted by Gasteiger charge is -2.39. The van der Waals surface area contributed by atoms with Gasteiger partial charge in [0.1, 0.15) is 11.5 Å². The predicted octanol–water partition coefficient (Wildman–Crippen LogP) is 6.57. The lowest BCUT2D eigenvalue weighted by molar-refractivity contribution is -0.161. The Morgan fingerprint density at radius 3 is 2.34 bits per heavy atom. The maximum Gasteiger partial charge on any atom is 0.416 e. The van der Waals surface area contributed by atoms with Crippen LogP contribution >= 0.6 is 0 Å². The van der Waals surface area contributed by atoms with Gasteiger partial charge in [0.2, 0.25) is 5.89 Å². The summed E-state index contributed by atoms with van der Waals surface area (Å²) < 4.78 is 55.1. The average Bonchev–Trinajstić information content (AvgIpc) is 3.17. The maximum absolute atomic E-state index is 12.8. The van der Waals surface area contributed by atoms with Gasteiger partial charge in [-0.05, 0) is 75.1 Å². The number of hydrogen-bond donors (Lipinski definition) is 0. The summed E-state index contributed by atoms with van der Waals surface area (Å²) in [7, 11) is 0. The van der Waals surface area contributed by atoms with Crippen LogP contribution in [0.2, 0.25) is 0 Å². The molecule has 5 nitrogen and oxygen atoms in total. The first-order chi connectivity index (χ1) is 16.7. The van der Waals surface area contributed by atoms with Crippen LogP contribution in [0, 0.1) is 12.3 Å². The molecular weight excluding hydrogens is 459 g/mol. The summed E-state index contributed by atoms with van der Waals surface area (Å²) in [6, 6.07) is 12.4. The van der Waals surface area contributed by atoms with Crippen LogP contribution in [0.15, 0.2) is 52.9 Å². The second kappa shape index (κ2) is 10.1. The molecule has 1 saturated carbocycles. The molecule has 0 aliphatic heterocycles. The third kappa shape index (κ3) is 5.69. The number of nitrogens with zero attached hydrogens (tertiary/aromatic N) is 1. The zero-order valence-corrected chi connectivity index (χ0v) is 19.8. The van der Waals surface area contributed by atoms with E-state index in [-0.39, 0.29) is 11.9 Å². The van der Waals surface area contributed by atoms with E-state index in [9.17, 15) is 18.0 Å². The van der Waals surface area contributed by atoms with Crippen molar-refractivity contribution >= 4 is 5.97 Å². The molecule has 1 aliphatic rings. The Bertz CT molecular complexity index is 1150. The highest BCUT2D eigenvalue weighted by atomic mass is 19.4. The van der Waals surface area contributed by atoms with Gasteiger partial charge in [-0.3, -0.25) is 4.79 Å². The van der Waals surface area contributed by atoms with Crippen LogP contribution < -0.4 is 4.74 Å². The Kier molecular flexibility index (Phi) is 7.19. The predicted molar refractivity (Wildman–Crippen MR) is 124 cm³/mol. The van der Waals surface area contributed by atoms with Gasteiger partial charge in [0.25, 0.3) is 0 Å². The number of benzene rings is 2. The molecule has 0 saturated heterocycles. The summed E-state index contributed by atoms with van der Waals surface area (Å²) in [6.45, 7) is 4.35. The molecule has 35 heavy (non-hydrogen) atoms. The van der Waals surface area contributed by atoms with E-state index >= 15 is 0 Å². The normalized spacial score (nSPS) is 14.9. The molecule has 2 aromatic carbocycles. The quantitative estimate of drug-likeness (QED) is 0.320. The fourth-order valence-corrected chi connectivity index (χ4v) is 4.29. The summed E-state index contributed by atoms with van der Waals surface area (Å²) in [5.41, 5.74) is 1.13. The summed E-state index contributed by atoms with van der Waals surface area (Å²) >= 11 is 0. The smallest absolute Gasteiger partial charge is 0.416 e. The lowest BCUT2D eigenvalue weighted by atomic mass is 9.65. The highest BCUT2D eigenvalue weighted by Crippen LogP contribution is 2.45. The highest BCUT2D eigenvalue weighted by Gasteiger charge is 2.45. The summed E-state index contributed by atoms with van der Waals surface area (Å²) in [6.07, 6.45) is -0.473. The molecule has 0 amide bonds. The van der Waals surface area contributed by atoms with Crippen LogP contribution in [0.1, 0.15) is 48.8 Å². The van der Waals surface area contributed by atoms with Crippen molar-refractivity contribution < 1.29 is 31.9 Å². The van der Waals surface area contributed by atoms with Crippen LogP contribution in [0.4, 0.5) is 13.2 Å². The number of rotatable bonds is 9. The molecule has 0 N–H and O–H groups in total. The summed E-state index contributed by atoms with van der Waals surface area (Å²) in [5, 5.41) is 0. The number of aryl methyl sites for hydroxylation is 1. The van der Waals surface area contributed by atoms with Gasteiger partial charge in [-0.2, -0.15) is 13.2 Å². The lowest BCUT2D eigenvalue weighted by Crippen LogP contribution is -2.41. The minimum absolute atomic E-state index is 0.106. The molecule has 0 radical (unpaired) electrons. The molecule has 0 unspecified atom stereocenters. The molecule has 1 fully saturated rings. The topological polar surface area (TPSA) is 61.6 Å². The first kappa shape index (κ1) is 24.8. The van der Waals surface area contributed by atoms with Crippen molar-refractivity contribution in [2.75, 3.05) is 13.2 Å². The van der Waals surface area contributed by atoms with E-state index in [0.29, 0.717) is 48.8 Å². The van der Waals surface area contributed by atoms with Crippen molar-refractivity contribution in [3.05, 3.63) is 71.1 Å². The largest absolute Gasteiger partial charge is 0.493 e. The van der Waals surface area contributed by atoms with E-state index in [2.05, 4.69) is 4.98 Å². The molecule has 1 aromatic heterocycles. The third-order valence-electron chi connectivity index (χ3n) is 6.44. The molecule has 3 aromatic rings. The van der Waals surface area contributed by atoms with Gasteiger partial charge in [0.05, 0.1) is 29.9 Å². The SMILES string of the molecule is CCOC(=O)C1(Cc2ccc(OCCc3nc(-c4ccc(C(F)(F)F)cc4)oc3C)cc2)CCC1. The Balaban J connectivity index is 1.32. The van der Waals surface area contributed by atoms with Crippen molar-refractivity contribution in [1.82, 2.24) is 4.98 Å². The van der Waals surface area contributed by atoms with Gasteiger partial charge in [0, 0.05) is 12.0 Å². The molecule has 8 heteroatoms. The fourth-order valence-electron chi connectivity index (χ4n) is 4.29. The van der Waals surface area contributed by atoms with E-state index in [1.54, 1.807) is 6.92 Å². The van der Waals surface area contributed by atoms with Gasteiger partial charge in [-0.15, -0.1) is 0 Å². The third-order valence-corrected chi connectivity index (χ3v) is 6.44. The van der Waals surface area contributed by atoms with Gasteiger partial charge < -0.3 is 13.9 Å². The molecule has 1 heterocycles. The molecule has 1 aliphatic carbocycles. The first-order valence-corrected chi connectivity index (χ1v) is 11.7. The number of carbonyl (C=O) groups excluding carboxylic acids is 1. The number of esters is 1. The Morgan fingerprint density at radius 1 is 1.09 bits per heavy atom. The fraction of sp³-hybridized carbons (Fsp3) is 0.407. The molecule has 0 spiro atoms. The average molecular weight is 488 g/mol. The zero-order chi connectivity index (χ0) is 25.1. The van der Waals surface area contributed by atoms with Crippen molar-refractivity contribution in [3.8, 4) is 17.2 Å². The number of halogens is 3. The minimum atomic E-state index is -4.38. The van der Waals surface area contributed by atoms with Crippen LogP contribution in [0.5, 0.6) is 5.75 Å². The summed E-state index contributed by atoms with van der Waals surface area (Å²) in [4.78, 5) is 16.8. The Hall–Kier alpha value is -3.29. The number of aromatic nitrogens is 1. The van der Waals surface area contributed by atoms with Gasteiger partial charge in [-0.25, -0.2) is 4.98 Å². The van der Waals surface area contributed by atoms with Crippen LogP contribution in [-0.2, 0) is 28.5 Å². The van der Waals surface area contributed by atoms with E-state index in [4.69, 9.17) is 13.9 Å². The summed E-state index contributed by atoms with van der Waals surface area (Å²) in [5.74, 6) is 1.48. The Morgan fingerprint density at radius 2 is 1.77 bits per heavy atom. The van der Waals surface area contributed by atoms with E-state index in [1.807, 2.05) is 31.2 Å². The first-order valence-electron chi connectivity index (χ1n) is 11.7. The van der Waals surface area contributed by atoms with Crippen LogP contribution in [-0.4, -0.2) is 24.2 Å². The Labute approximate surface area is 202 Å². The monoisotopic (exact) mass is 487 g/mol. The van der Waals surface area contributed by atoms with Gasteiger partial charge >= 0.3 is 12.1 Å². The molecular formula is C27H28F3NO4. The van der Waals surface area contributed by atoms with Gasteiger partial charge in [-0.1, -0.05) is 18.6 Å². The van der Waals surface area contributed by atoms with Crippen molar-refractivity contribution in [1.29, 1.82) is 0 Å². The van der Waals surface area contributed by atoms with Crippen molar-refractivity contribution in [3.63, 3.8) is 0 Å². The second-order valence-corrected chi connectivity index (χ2v) is 8.87. The molecule has 186 valence electrons. The number of ether oxygens (including phenoxy) is 2. The number of carbonyl (C=O) groups is 1. The molecule has 4 rings (SSSR count). The number of alkyl halides is 3. The zero-order valence-electron chi connectivity index (χ0n) is 19.8. The second-order valence-electron chi connectivity index (χ2n) is 8.87. The van der Waals surface area contributed by atoms with Crippen LogP contribution in [0.25, 0.3) is 11.5 Å². The maximum atomic E-state index is 12.8. The number of hydrogen-bond acceptors (Lipinski definition) is 5.